The zero-order valence-electron chi connectivity index (χ0n) is 11.7. The van der Waals surface area contributed by atoms with Crippen LogP contribution in [-0.2, 0) is 4.79 Å². The Morgan fingerprint density at radius 2 is 1.86 bits per heavy atom. The Labute approximate surface area is 122 Å². The molecule has 1 aromatic heterocycles. The fraction of sp³-hybridized carbons (Fsp3) is 0.375. The average molecular weight is 286 g/mol. The molecule has 0 unspecified atom stereocenters. The lowest BCUT2D eigenvalue weighted by molar-refractivity contribution is -0.125. The third-order valence-electron chi connectivity index (χ3n) is 4.18. The molecule has 1 heterocycles. The second-order valence-corrected chi connectivity index (χ2v) is 5.61. The molecule has 3 rings (SSSR count). The highest BCUT2D eigenvalue weighted by Gasteiger charge is 2.39. The molecule has 21 heavy (non-hydrogen) atoms. The first kappa shape index (κ1) is 13.7. The molecule has 1 saturated carbocycles. The minimum absolute atomic E-state index is 0.211. The lowest BCUT2D eigenvalue weighted by Gasteiger charge is -2.34. The quantitative estimate of drug-likeness (QED) is 0.908. The number of nitrogens with one attached hydrogen (secondary N) is 1. The molecule has 0 radical (unpaired) electrons. The Balaban J connectivity index is 1.85. The molecule has 1 fully saturated rings. The van der Waals surface area contributed by atoms with Crippen LogP contribution in [0.25, 0.3) is 11.0 Å². The summed E-state index contributed by atoms with van der Waals surface area (Å²) in [5.41, 5.74) is 5.24. The molecule has 2 amide bonds. The van der Waals surface area contributed by atoms with Gasteiger partial charge in [0.05, 0.1) is 0 Å². The Hall–Kier alpha value is -2.30. The van der Waals surface area contributed by atoms with Crippen LogP contribution >= 0.6 is 0 Å². The van der Waals surface area contributed by atoms with Gasteiger partial charge >= 0.3 is 0 Å². The summed E-state index contributed by atoms with van der Waals surface area (Å²) in [6, 6.07) is 9.09. The van der Waals surface area contributed by atoms with Gasteiger partial charge in [-0.25, -0.2) is 0 Å². The van der Waals surface area contributed by atoms with Crippen LogP contribution in [0.15, 0.2) is 34.7 Å². The number of furan rings is 1. The van der Waals surface area contributed by atoms with Crippen molar-refractivity contribution in [3.05, 3.63) is 36.1 Å². The molecule has 1 aromatic carbocycles. The molecule has 0 spiro atoms. The van der Waals surface area contributed by atoms with E-state index in [0.717, 1.165) is 24.6 Å². The summed E-state index contributed by atoms with van der Waals surface area (Å²) in [4.78, 5) is 24.2. The minimum Gasteiger partial charge on any atom is -0.451 e. The third-order valence-corrected chi connectivity index (χ3v) is 4.18. The minimum atomic E-state index is -0.936. The van der Waals surface area contributed by atoms with Crippen LogP contribution in [0.4, 0.5) is 0 Å². The highest BCUT2D eigenvalue weighted by atomic mass is 16.3. The Morgan fingerprint density at radius 1 is 1.14 bits per heavy atom. The number of fused-ring (bicyclic) bond motifs is 1. The number of carbonyl (C=O) groups is 2. The zero-order chi connectivity index (χ0) is 14.9. The zero-order valence-corrected chi connectivity index (χ0v) is 11.7. The van der Waals surface area contributed by atoms with E-state index in [9.17, 15) is 9.59 Å². The number of rotatable bonds is 3. The molecule has 0 aliphatic heterocycles. The normalized spacial score (nSPS) is 17.5. The van der Waals surface area contributed by atoms with Gasteiger partial charge in [0.25, 0.3) is 5.91 Å². The Bertz CT molecular complexity index is 651. The monoisotopic (exact) mass is 286 g/mol. The van der Waals surface area contributed by atoms with Crippen molar-refractivity contribution in [3.8, 4) is 0 Å². The fourth-order valence-corrected chi connectivity index (χ4v) is 2.96. The summed E-state index contributed by atoms with van der Waals surface area (Å²) in [5.74, 6) is -0.638. The predicted octanol–water partition coefficient (Wildman–Crippen LogP) is 2.35. The standard InChI is InChI=1S/C16H18N2O3/c17-15(20)16(8-4-1-5-9-16)18-14(19)13-10-11-6-2-3-7-12(11)21-13/h2-3,6-7,10H,1,4-5,8-9H2,(H2,17,20)(H,18,19). The van der Waals surface area contributed by atoms with Crippen molar-refractivity contribution in [2.24, 2.45) is 5.73 Å². The molecule has 0 bridgehead atoms. The van der Waals surface area contributed by atoms with Crippen LogP contribution in [0.5, 0.6) is 0 Å². The van der Waals surface area contributed by atoms with Crippen LogP contribution in [0.1, 0.15) is 42.7 Å². The van der Waals surface area contributed by atoms with Gasteiger partial charge in [-0.1, -0.05) is 37.5 Å². The summed E-state index contributed by atoms with van der Waals surface area (Å²) in [7, 11) is 0. The van der Waals surface area contributed by atoms with E-state index >= 15 is 0 Å². The number of benzene rings is 1. The SMILES string of the molecule is NC(=O)C1(NC(=O)c2cc3ccccc3o2)CCCCC1. The highest BCUT2D eigenvalue weighted by Crippen LogP contribution is 2.29. The van der Waals surface area contributed by atoms with Gasteiger partial charge in [-0.05, 0) is 25.0 Å². The van der Waals surface area contributed by atoms with Gasteiger partial charge in [0.1, 0.15) is 11.1 Å². The van der Waals surface area contributed by atoms with Crippen molar-refractivity contribution in [3.63, 3.8) is 0 Å². The summed E-state index contributed by atoms with van der Waals surface area (Å²) >= 11 is 0. The first-order chi connectivity index (χ1) is 10.1. The van der Waals surface area contributed by atoms with Gasteiger partial charge in [-0.15, -0.1) is 0 Å². The fourth-order valence-electron chi connectivity index (χ4n) is 2.96. The average Bonchev–Trinajstić information content (AvgIpc) is 2.92. The second-order valence-electron chi connectivity index (χ2n) is 5.61. The Morgan fingerprint density at radius 3 is 2.52 bits per heavy atom. The third kappa shape index (κ3) is 2.51. The van der Waals surface area contributed by atoms with Crippen molar-refractivity contribution in [2.75, 3.05) is 0 Å². The molecule has 5 heteroatoms. The largest absolute Gasteiger partial charge is 0.451 e. The molecule has 2 aromatic rings. The number of carbonyl (C=O) groups excluding carboxylic acids is 2. The second kappa shape index (κ2) is 5.24. The van der Waals surface area contributed by atoms with E-state index in [1.165, 1.54) is 0 Å². The van der Waals surface area contributed by atoms with Gasteiger partial charge in [0.2, 0.25) is 5.91 Å². The van der Waals surface area contributed by atoms with E-state index in [0.29, 0.717) is 18.4 Å². The van der Waals surface area contributed by atoms with Crippen LogP contribution in [0.2, 0.25) is 0 Å². The van der Waals surface area contributed by atoms with Crippen molar-refractivity contribution < 1.29 is 14.0 Å². The maximum Gasteiger partial charge on any atom is 0.287 e. The highest BCUT2D eigenvalue weighted by molar-refractivity contribution is 5.99. The summed E-state index contributed by atoms with van der Waals surface area (Å²) in [6.45, 7) is 0. The smallest absolute Gasteiger partial charge is 0.287 e. The van der Waals surface area contributed by atoms with Crippen molar-refractivity contribution in [1.82, 2.24) is 5.32 Å². The predicted molar refractivity (Wildman–Crippen MR) is 78.7 cm³/mol. The number of hydrogen-bond donors (Lipinski definition) is 2. The molecular formula is C16H18N2O3. The molecule has 1 aliphatic carbocycles. The van der Waals surface area contributed by atoms with Gasteiger partial charge in [0.15, 0.2) is 5.76 Å². The van der Waals surface area contributed by atoms with E-state index in [4.69, 9.17) is 10.2 Å². The molecule has 0 atom stereocenters. The van der Waals surface area contributed by atoms with Gasteiger partial charge in [-0.3, -0.25) is 9.59 Å². The summed E-state index contributed by atoms with van der Waals surface area (Å²) in [6.07, 6.45) is 4.03. The topological polar surface area (TPSA) is 85.3 Å². The molecule has 110 valence electrons. The van der Waals surface area contributed by atoms with E-state index in [1.807, 2.05) is 18.2 Å². The molecular weight excluding hydrogens is 268 g/mol. The van der Waals surface area contributed by atoms with E-state index in [-0.39, 0.29) is 11.7 Å². The van der Waals surface area contributed by atoms with E-state index in [1.54, 1.807) is 12.1 Å². The Kier molecular flexibility index (Phi) is 3.41. The lowest BCUT2D eigenvalue weighted by Crippen LogP contribution is -2.58. The van der Waals surface area contributed by atoms with Crippen molar-refractivity contribution >= 4 is 22.8 Å². The number of hydrogen-bond acceptors (Lipinski definition) is 3. The lowest BCUT2D eigenvalue weighted by atomic mass is 9.81. The van der Waals surface area contributed by atoms with Gasteiger partial charge in [-0.2, -0.15) is 0 Å². The van der Waals surface area contributed by atoms with Crippen LogP contribution in [0, 0.1) is 0 Å². The molecule has 1 aliphatic rings. The number of nitrogens with two attached hydrogens (primary N) is 1. The van der Waals surface area contributed by atoms with Crippen molar-refractivity contribution in [2.45, 2.75) is 37.6 Å². The number of para-hydroxylation sites is 1. The van der Waals surface area contributed by atoms with Crippen molar-refractivity contribution in [1.29, 1.82) is 0 Å². The summed E-state index contributed by atoms with van der Waals surface area (Å²) < 4.78 is 5.53. The first-order valence-corrected chi connectivity index (χ1v) is 7.22. The van der Waals surface area contributed by atoms with Crippen LogP contribution in [-0.4, -0.2) is 17.4 Å². The molecule has 0 saturated heterocycles. The van der Waals surface area contributed by atoms with Gasteiger partial charge < -0.3 is 15.5 Å². The first-order valence-electron chi connectivity index (χ1n) is 7.22. The molecule has 5 nitrogen and oxygen atoms in total. The maximum atomic E-state index is 12.4. The van der Waals surface area contributed by atoms with Crippen LogP contribution < -0.4 is 11.1 Å². The van der Waals surface area contributed by atoms with E-state index in [2.05, 4.69) is 5.32 Å². The number of primary amides is 1. The van der Waals surface area contributed by atoms with Gasteiger partial charge in [0, 0.05) is 5.39 Å². The van der Waals surface area contributed by atoms with Crippen LogP contribution in [0.3, 0.4) is 0 Å². The number of amides is 2. The maximum absolute atomic E-state index is 12.4. The summed E-state index contributed by atoms with van der Waals surface area (Å²) in [5, 5.41) is 3.66. The molecule has 3 N–H and O–H groups in total. The van der Waals surface area contributed by atoms with E-state index < -0.39 is 11.4 Å².